The van der Waals surface area contributed by atoms with Crippen molar-refractivity contribution in [1.29, 1.82) is 0 Å². The predicted molar refractivity (Wildman–Crippen MR) is 36.5 cm³/mol. The van der Waals surface area contributed by atoms with Gasteiger partial charge < -0.3 is 4.89 Å². The van der Waals surface area contributed by atoms with E-state index in [0.29, 0.717) is 0 Å². The molecule has 0 saturated carbocycles. The SMILES string of the molecule is OP(=S)(OBr)OBr. The molecular formula is HBr2O3PS. The Hall–Kier alpha value is 1.49. The molecule has 0 radical (unpaired) electrons. The highest BCUT2D eigenvalue weighted by molar-refractivity contribution is 9.08. The first-order valence-electron chi connectivity index (χ1n) is 1.06. The van der Waals surface area contributed by atoms with Crippen LogP contribution in [-0.4, -0.2) is 4.89 Å². The van der Waals surface area contributed by atoms with Crippen LogP contribution >= 0.6 is 39.2 Å². The van der Waals surface area contributed by atoms with Crippen LogP contribution in [0.5, 0.6) is 0 Å². The third-order valence-electron chi connectivity index (χ3n) is 0.174. The monoisotopic (exact) mass is 270 g/mol. The van der Waals surface area contributed by atoms with E-state index in [-0.39, 0.29) is 0 Å². The van der Waals surface area contributed by atoms with Crippen LogP contribution in [0.4, 0.5) is 0 Å². The summed E-state index contributed by atoms with van der Waals surface area (Å²) in [6, 6.07) is 0. The highest BCUT2D eigenvalue weighted by atomic mass is 79.9. The molecule has 0 amide bonds. The van der Waals surface area contributed by atoms with E-state index in [1.54, 1.807) is 0 Å². The fourth-order valence-corrected chi connectivity index (χ4v) is 0.862. The van der Waals surface area contributed by atoms with Gasteiger partial charge in [-0.2, -0.15) is 0 Å². The fourth-order valence-electron chi connectivity index (χ4n) is 0.0106. The zero-order valence-corrected chi connectivity index (χ0v) is 7.76. The van der Waals surface area contributed by atoms with Crippen LogP contribution < -0.4 is 0 Å². The minimum atomic E-state index is -2.99. The molecule has 0 saturated heterocycles. The summed E-state index contributed by atoms with van der Waals surface area (Å²) < 4.78 is 8.22. The Bertz CT molecular complexity index is 84.9. The Balaban J connectivity index is 3.61. The van der Waals surface area contributed by atoms with Gasteiger partial charge in [-0.3, -0.25) is 0 Å². The van der Waals surface area contributed by atoms with Crippen molar-refractivity contribution in [1.82, 2.24) is 0 Å². The second-order valence-electron chi connectivity index (χ2n) is 0.607. The van der Waals surface area contributed by atoms with E-state index in [0.717, 1.165) is 0 Å². The molecular weight excluding hydrogens is 271 g/mol. The van der Waals surface area contributed by atoms with Gasteiger partial charge in [0.1, 0.15) is 32.5 Å². The molecule has 0 atom stereocenters. The van der Waals surface area contributed by atoms with Crippen molar-refractivity contribution in [2.45, 2.75) is 0 Å². The second kappa shape index (κ2) is 3.50. The summed E-state index contributed by atoms with van der Waals surface area (Å²) in [4.78, 5) is 8.52. The molecule has 0 aromatic rings. The molecule has 7 heavy (non-hydrogen) atoms. The lowest BCUT2D eigenvalue weighted by molar-refractivity contribution is 0.442. The average Bonchev–Trinajstić information content (AvgIpc) is 1.68. The maximum Gasteiger partial charge on any atom is 0.347 e. The largest absolute Gasteiger partial charge is 0.347 e. The Morgan fingerprint density at radius 2 is 1.71 bits per heavy atom. The van der Waals surface area contributed by atoms with Crippen LogP contribution in [0.15, 0.2) is 0 Å². The molecule has 0 spiro atoms. The molecule has 0 bridgehead atoms. The molecule has 0 aromatic carbocycles. The summed E-state index contributed by atoms with van der Waals surface area (Å²) in [6.07, 6.45) is 0. The third kappa shape index (κ3) is 4.02. The molecule has 0 aliphatic rings. The molecule has 3 nitrogen and oxygen atoms in total. The van der Waals surface area contributed by atoms with Gasteiger partial charge in [-0.15, -0.1) is 0 Å². The number of hydrogen-bond donors (Lipinski definition) is 1. The molecule has 7 heteroatoms. The van der Waals surface area contributed by atoms with Gasteiger partial charge in [0.15, 0.2) is 0 Å². The van der Waals surface area contributed by atoms with Crippen molar-refractivity contribution < 1.29 is 12.1 Å². The Labute approximate surface area is 63.2 Å². The van der Waals surface area contributed by atoms with E-state index in [4.69, 9.17) is 4.89 Å². The van der Waals surface area contributed by atoms with Crippen LogP contribution in [0.25, 0.3) is 0 Å². The maximum atomic E-state index is 8.52. The van der Waals surface area contributed by atoms with E-state index in [1.165, 1.54) is 0 Å². The smallest absolute Gasteiger partial charge is 0.323 e. The van der Waals surface area contributed by atoms with Gasteiger partial charge in [-0.05, 0) is 11.8 Å². The van der Waals surface area contributed by atoms with E-state index < -0.39 is 6.72 Å². The Kier molecular flexibility index (Phi) is 4.25. The van der Waals surface area contributed by atoms with Crippen molar-refractivity contribution in [2.75, 3.05) is 0 Å². The van der Waals surface area contributed by atoms with E-state index in [9.17, 15) is 0 Å². The third-order valence-corrected chi connectivity index (χ3v) is 4.48. The summed E-state index contributed by atoms with van der Waals surface area (Å²) >= 11 is 9.22. The quantitative estimate of drug-likeness (QED) is 0.778. The average molecular weight is 272 g/mol. The zero-order valence-electron chi connectivity index (χ0n) is 2.88. The Morgan fingerprint density at radius 3 is 1.71 bits per heavy atom. The summed E-state index contributed by atoms with van der Waals surface area (Å²) in [5.41, 5.74) is 0. The highest BCUT2D eigenvalue weighted by Gasteiger charge is 2.10. The topological polar surface area (TPSA) is 38.7 Å². The molecule has 0 unspecified atom stereocenters. The van der Waals surface area contributed by atoms with Gasteiger partial charge in [0, 0.05) is 0 Å². The summed E-state index contributed by atoms with van der Waals surface area (Å²) in [5, 5.41) is 0. The lowest BCUT2D eigenvalue weighted by Crippen LogP contribution is -1.72. The van der Waals surface area contributed by atoms with Crippen molar-refractivity contribution in [3.63, 3.8) is 0 Å². The molecule has 0 fully saturated rings. The minimum absolute atomic E-state index is 2.47. The number of hydrogen-bond acceptors (Lipinski definition) is 3. The van der Waals surface area contributed by atoms with Crippen molar-refractivity contribution in [2.24, 2.45) is 0 Å². The van der Waals surface area contributed by atoms with Gasteiger partial charge in [0.2, 0.25) is 0 Å². The van der Waals surface area contributed by atoms with Crippen molar-refractivity contribution in [3.8, 4) is 0 Å². The van der Waals surface area contributed by atoms with Gasteiger partial charge in [0.05, 0.1) is 0 Å². The lowest BCUT2D eigenvalue weighted by Gasteiger charge is -2.01. The van der Waals surface area contributed by atoms with Crippen molar-refractivity contribution >= 4 is 51.0 Å². The molecule has 1 N–H and O–H groups in total. The van der Waals surface area contributed by atoms with Gasteiger partial charge in [0.25, 0.3) is 0 Å². The van der Waals surface area contributed by atoms with Crippen LogP contribution in [-0.2, 0) is 19.0 Å². The van der Waals surface area contributed by atoms with E-state index >= 15 is 0 Å². The van der Waals surface area contributed by atoms with E-state index in [1.807, 2.05) is 0 Å². The van der Waals surface area contributed by atoms with E-state index in [2.05, 4.69) is 51.6 Å². The molecule has 0 heterocycles. The zero-order chi connectivity index (χ0) is 5.91. The molecule has 0 aromatic heterocycles. The van der Waals surface area contributed by atoms with Crippen molar-refractivity contribution in [3.05, 3.63) is 0 Å². The first-order chi connectivity index (χ1) is 3.12. The summed E-state index contributed by atoms with van der Waals surface area (Å²) in [5.74, 6) is 0. The highest BCUT2D eigenvalue weighted by Crippen LogP contribution is 2.47. The first-order valence-corrected chi connectivity index (χ1v) is 4.94. The molecule has 0 aliphatic carbocycles. The van der Waals surface area contributed by atoms with Gasteiger partial charge >= 0.3 is 6.72 Å². The first kappa shape index (κ1) is 8.49. The van der Waals surface area contributed by atoms with Crippen LogP contribution in [0.1, 0.15) is 0 Å². The normalized spacial score (nSPS) is 11.9. The fraction of sp³-hybridized carbons (Fsp3) is 0. The molecule has 0 aliphatic heterocycles. The van der Waals surface area contributed by atoms with Gasteiger partial charge in [-0.25, -0.2) is 7.23 Å². The van der Waals surface area contributed by atoms with Crippen LogP contribution in [0.3, 0.4) is 0 Å². The molecule has 0 rings (SSSR count). The predicted octanol–water partition coefficient (Wildman–Crippen LogP) is 1.86. The maximum absolute atomic E-state index is 8.52. The lowest BCUT2D eigenvalue weighted by atomic mass is 15.8. The summed E-state index contributed by atoms with van der Waals surface area (Å²) in [6.45, 7) is -2.99. The molecule has 44 valence electrons. The van der Waals surface area contributed by atoms with Crippen LogP contribution in [0.2, 0.25) is 0 Å². The Morgan fingerprint density at radius 1 is 1.43 bits per heavy atom. The minimum Gasteiger partial charge on any atom is -0.323 e. The second-order valence-corrected chi connectivity index (χ2v) is 4.94. The number of halogens is 2. The summed E-state index contributed by atoms with van der Waals surface area (Å²) in [7, 11) is 0. The number of rotatable bonds is 2. The van der Waals surface area contributed by atoms with Gasteiger partial charge in [-0.1, -0.05) is 0 Å². The standard InChI is InChI=1S/Br2HO3PS/c1-4-6(3,7)5-2/h(H,3,7). The van der Waals surface area contributed by atoms with Crippen LogP contribution in [0, 0.1) is 0 Å².